The zero-order chi connectivity index (χ0) is 16.1. The van der Waals surface area contributed by atoms with Crippen LogP contribution in [0, 0.1) is 0 Å². The first-order chi connectivity index (χ1) is 11.3. The summed E-state index contributed by atoms with van der Waals surface area (Å²) in [4.78, 5) is 21.0. The van der Waals surface area contributed by atoms with Gasteiger partial charge in [-0.15, -0.1) is 0 Å². The Balaban J connectivity index is 1.43. The van der Waals surface area contributed by atoms with Crippen LogP contribution in [0.1, 0.15) is 44.7 Å². The van der Waals surface area contributed by atoms with Crippen molar-refractivity contribution in [1.82, 2.24) is 24.7 Å². The number of carbonyl (C=O) groups is 1. The quantitative estimate of drug-likeness (QED) is 0.924. The second kappa shape index (κ2) is 7.81. The summed E-state index contributed by atoms with van der Waals surface area (Å²) in [6.07, 6.45) is 10.5. The lowest BCUT2D eigenvalue weighted by Crippen LogP contribution is -2.54. The number of aryl methyl sites for hydroxylation is 1. The van der Waals surface area contributed by atoms with Crippen molar-refractivity contribution >= 4 is 6.03 Å². The van der Waals surface area contributed by atoms with E-state index >= 15 is 0 Å². The Labute approximate surface area is 138 Å². The fourth-order valence-corrected chi connectivity index (χ4v) is 3.79. The lowest BCUT2D eigenvalue weighted by Gasteiger charge is -2.40. The normalized spacial score (nSPS) is 20.7. The smallest absolute Gasteiger partial charge is 0.317 e. The highest BCUT2D eigenvalue weighted by atomic mass is 16.2. The molecule has 6 heteroatoms. The van der Waals surface area contributed by atoms with Gasteiger partial charge in [-0.25, -0.2) is 9.78 Å². The summed E-state index contributed by atoms with van der Waals surface area (Å²) < 4.78 is 2.06. The summed E-state index contributed by atoms with van der Waals surface area (Å²) in [6, 6.07) is 0.810. The zero-order valence-corrected chi connectivity index (χ0v) is 14.2. The fraction of sp³-hybridized carbons (Fsp3) is 0.765. The average Bonchev–Trinajstić information content (AvgIpc) is 3.08. The van der Waals surface area contributed by atoms with Crippen molar-refractivity contribution in [3.8, 4) is 0 Å². The van der Waals surface area contributed by atoms with E-state index in [1.54, 1.807) is 0 Å². The van der Waals surface area contributed by atoms with Crippen LogP contribution in [0.25, 0.3) is 0 Å². The Morgan fingerprint density at radius 3 is 2.65 bits per heavy atom. The molecule has 1 saturated heterocycles. The van der Waals surface area contributed by atoms with E-state index in [1.807, 2.05) is 17.4 Å². The second-order valence-corrected chi connectivity index (χ2v) is 6.64. The van der Waals surface area contributed by atoms with E-state index in [1.165, 1.54) is 32.1 Å². The van der Waals surface area contributed by atoms with E-state index in [2.05, 4.69) is 26.7 Å². The van der Waals surface area contributed by atoms with E-state index in [4.69, 9.17) is 0 Å². The molecule has 1 aromatic heterocycles. The molecule has 2 fully saturated rings. The van der Waals surface area contributed by atoms with Crippen molar-refractivity contribution < 1.29 is 4.79 Å². The molecule has 0 bridgehead atoms. The summed E-state index contributed by atoms with van der Waals surface area (Å²) in [7, 11) is 0. The highest BCUT2D eigenvalue weighted by molar-refractivity contribution is 5.74. The van der Waals surface area contributed by atoms with Crippen LogP contribution in [0.5, 0.6) is 0 Å². The van der Waals surface area contributed by atoms with Crippen LogP contribution in [0.2, 0.25) is 0 Å². The second-order valence-electron chi connectivity index (χ2n) is 6.64. The van der Waals surface area contributed by atoms with Gasteiger partial charge in [0.2, 0.25) is 0 Å². The summed E-state index contributed by atoms with van der Waals surface area (Å²) in [5, 5.41) is 3.03. The molecule has 2 aliphatic rings. The van der Waals surface area contributed by atoms with Gasteiger partial charge in [0, 0.05) is 45.0 Å². The van der Waals surface area contributed by atoms with Gasteiger partial charge in [-0.1, -0.05) is 19.3 Å². The average molecular weight is 319 g/mol. The van der Waals surface area contributed by atoms with E-state index in [0.29, 0.717) is 6.54 Å². The van der Waals surface area contributed by atoms with E-state index < -0.39 is 0 Å². The Morgan fingerprint density at radius 1 is 1.22 bits per heavy atom. The maximum absolute atomic E-state index is 12.3. The Bertz CT molecular complexity index is 501. The molecule has 0 radical (unpaired) electrons. The first kappa shape index (κ1) is 16.3. The highest BCUT2D eigenvalue weighted by Crippen LogP contribution is 2.23. The van der Waals surface area contributed by atoms with Crippen molar-refractivity contribution in [3.05, 3.63) is 18.2 Å². The minimum absolute atomic E-state index is 0.0529. The molecule has 0 atom stereocenters. The third kappa shape index (κ3) is 4.05. The number of piperazine rings is 1. The van der Waals surface area contributed by atoms with E-state index in [-0.39, 0.29) is 6.03 Å². The Hall–Kier alpha value is -1.56. The monoisotopic (exact) mass is 319 g/mol. The lowest BCUT2D eigenvalue weighted by atomic mass is 9.94. The molecule has 2 amide bonds. The highest BCUT2D eigenvalue weighted by Gasteiger charge is 2.26. The molecule has 1 saturated carbocycles. The fourth-order valence-electron chi connectivity index (χ4n) is 3.79. The predicted molar refractivity (Wildman–Crippen MR) is 90.2 cm³/mol. The standard InChI is InChI=1S/C17H29N5O/c1-2-20-14-18-12-16(20)13-19-17(23)22-10-8-21(9-11-22)15-6-4-3-5-7-15/h12,14-15H,2-11,13H2,1H3,(H,19,23). The van der Waals surface area contributed by atoms with Crippen molar-refractivity contribution in [2.24, 2.45) is 0 Å². The molecule has 6 nitrogen and oxygen atoms in total. The number of carbonyl (C=O) groups excluding carboxylic acids is 1. The minimum Gasteiger partial charge on any atom is -0.333 e. The van der Waals surface area contributed by atoms with Crippen LogP contribution in [0.3, 0.4) is 0 Å². The van der Waals surface area contributed by atoms with Gasteiger partial charge in [-0.3, -0.25) is 4.90 Å². The number of urea groups is 1. The van der Waals surface area contributed by atoms with E-state index in [0.717, 1.165) is 44.5 Å². The molecule has 0 unspecified atom stereocenters. The van der Waals surface area contributed by atoms with Gasteiger partial charge in [0.15, 0.2) is 0 Å². The first-order valence-corrected chi connectivity index (χ1v) is 9.03. The first-order valence-electron chi connectivity index (χ1n) is 9.03. The van der Waals surface area contributed by atoms with Gasteiger partial charge >= 0.3 is 6.03 Å². The lowest BCUT2D eigenvalue weighted by molar-refractivity contribution is 0.0904. The number of nitrogens with zero attached hydrogens (tertiary/aromatic N) is 4. The number of nitrogens with one attached hydrogen (secondary N) is 1. The summed E-state index contributed by atoms with van der Waals surface area (Å²) in [5.74, 6) is 0. The Kier molecular flexibility index (Phi) is 5.54. The molecule has 128 valence electrons. The maximum Gasteiger partial charge on any atom is 0.317 e. The van der Waals surface area contributed by atoms with Crippen molar-refractivity contribution in [2.45, 2.75) is 58.2 Å². The molecule has 0 spiro atoms. The van der Waals surface area contributed by atoms with Crippen LogP contribution in [-0.4, -0.2) is 57.6 Å². The molecule has 1 N–H and O–H groups in total. The molecule has 2 heterocycles. The van der Waals surface area contributed by atoms with Gasteiger partial charge in [0.1, 0.15) is 0 Å². The van der Waals surface area contributed by atoms with Gasteiger partial charge in [0.25, 0.3) is 0 Å². The molecular weight excluding hydrogens is 290 g/mol. The van der Waals surface area contributed by atoms with E-state index in [9.17, 15) is 4.79 Å². The summed E-state index contributed by atoms with van der Waals surface area (Å²) in [6.45, 7) is 7.24. The molecule has 1 aromatic rings. The van der Waals surface area contributed by atoms with Crippen LogP contribution in [0.4, 0.5) is 4.79 Å². The van der Waals surface area contributed by atoms with Crippen LogP contribution in [0.15, 0.2) is 12.5 Å². The Morgan fingerprint density at radius 2 is 1.96 bits per heavy atom. The molecular formula is C17H29N5O. The van der Waals surface area contributed by atoms with Crippen LogP contribution < -0.4 is 5.32 Å². The molecule has 23 heavy (non-hydrogen) atoms. The van der Waals surface area contributed by atoms with Crippen molar-refractivity contribution in [3.63, 3.8) is 0 Å². The van der Waals surface area contributed by atoms with Gasteiger partial charge in [-0.2, -0.15) is 0 Å². The largest absolute Gasteiger partial charge is 0.333 e. The minimum atomic E-state index is 0.0529. The summed E-state index contributed by atoms with van der Waals surface area (Å²) in [5.41, 5.74) is 1.06. The number of imidazole rings is 1. The third-order valence-electron chi connectivity index (χ3n) is 5.25. The number of hydrogen-bond acceptors (Lipinski definition) is 3. The molecule has 0 aromatic carbocycles. The van der Waals surface area contributed by atoms with Gasteiger partial charge < -0.3 is 14.8 Å². The van der Waals surface area contributed by atoms with Crippen molar-refractivity contribution in [2.75, 3.05) is 26.2 Å². The number of amides is 2. The summed E-state index contributed by atoms with van der Waals surface area (Å²) >= 11 is 0. The SMILES string of the molecule is CCn1cncc1CNC(=O)N1CCN(C2CCCCC2)CC1. The number of hydrogen-bond donors (Lipinski definition) is 1. The molecule has 1 aliphatic carbocycles. The number of rotatable bonds is 4. The van der Waals surface area contributed by atoms with Crippen LogP contribution >= 0.6 is 0 Å². The predicted octanol–water partition coefficient (Wildman–Crippen LogP) is 2.06. The van der Waals surface area contributed by atoms with Gasteiger partial charge in [-0.05, 0) is 19.8 Å². The third-order valence-corrected chi connectivity index (χ3v) is 5.25. The van der Waals surface area contributed by atoms with Gasteiger partial charge in [0.05, 0.1) is 18.6 Å². The topological polar surface area (TPSA) is 53.4 Å². The number of aromatic nitrogens is 2. The zero-order valence-electron chi connectivity index (χ0n) is 14.2. The maximum atomic E-state index is 12.3. The molecule has 1 aliphatic heterocycles. The van der Waals surface area contributed by atoms with Crippen LogP contribution in [-0.2, 0) is 13.1 Å². The molecule has 3 rings (SSSR count). The van der Waals surface area contributed by atoms with Crippen molar-refractivity contribution in [1.29, 1.82) is 0 Å².